The maximum Gasteiger partial charge on any atom is 0.329 e. The van der Waals surface area contributed by atoms with Crippen LogP contribution in [0, 0.1) is 10.1 Å². The first-order chi connectivity index (χ1) is 12.6. The highest BCUT2D eigenvalue weighted by Crippen LogP contribution is 2.23. The molecule has 2 rings (SSSR count). The van der Waals surface area contributed by atoms with Crippen molar-refractivity contribution in [2.24, 2.45) is 0 Å². The van der Waals surface area contributed by atoms with Gasteiger partial charge in [0.15, 0.2) is 0 Å². The number of nitro groups is 1. The van der Waals surface area contributed by atoms with Crippen LogP contribution in [0.4, 0.5) is 23.1 Å². The number of rotatable bonds is 10. The van der Waals surface area contributed by atoms with E-state index < -0.39 is 4.92 Å². The molecule has 0 aliphatic heterocycles. The third kappa shape index (κ3) is 5.28. The van der Waals surface area contributed by atoms with E-state index in [0.717, 1.165) is 31.1 Å². The molecule has 0 saturated carbocycles. The number of hydrogen-bond donors (Lipinski definition) is 2. The number of hydrogen-bond acceptors (Lipinski definition) is 8. The Morgan fingerprint density at radius 3 is 2.50 bits per heavy atom. The fourth-order valence-corrected chi connectivity index (χ4v) is 2.35. The number of benzene rings is 1. The summed E-state index contributed by atoms with van der Waals surface area (Å²) in [4.78, 5) is 20.7. The van der Waals surface area contributed by atoms with Crippen molar-refractivity contribution in [1.29, 1.82) is 0 Å². The molecular weight excluding hydrogens is 336 g/mol. The molecule has 2 N–H and O–H groups in total. The molecule has 140 valence electrons. The topological polar surface area (TPSA) is 105 Å². The van der Waals surface area contributed by atoms with Crippen molar-refractivity contribution in [3.8, 4) is 5.75 Å². The van der Waals surface area contributed by atoms with E-state index in [2.05, 4.69) is 39.3 Å². The van der Waals surface area contributed by atoms with E-state index in [0.29, 0.717) is 6.61 Å². The van der Waals surface area contributed by atoms with Gasteiger partial charge in [0.05, 0.1) is 4.92 Å². The molecule has 1 aromatic heterocycles. The van der Waals surface area contributed by atoms with Crippen molar-refractivity contribution in [2.75, 3.05) is 43.9 Å². The maximum atomic E-state index is 10.9. The Kier molecular flexibility index (Phi) is 7.10. The number of aromatic nitrogens is 2. The Morgan fingerprint density at radius 2 is 1.92 bits per heavy atom. The lowest BCUT2D eigenvalue weighted by molar-refractivity contribution is -0.384. The van der Waals surface area contributed by atoms with Gasteiger partial charge in [0.25, 0.3) is 0 Å². The van der Waals surface area contributed by atoms with E-state index in [9.17, 15) is 10.1 Å². The lowest BCUT2D eigenvalue weighted by atomic mass is 10.3. The summed E-state index contributed by atoms with van der Waals surface area (Å²) >= 11 is 0. The van der Waals surface area contributed by atoms with E-state index in [1.54, 1.807) is 7.05 Å². The van der Waals surface area contributed by atoms with Crippen LogP contribution < -0.4 is 15.4 Å². The predicted octanol–water partition coefficient (Wildman–Crippen LogP) is 2.89. The second-order valence-electron chi connectivity index (χ2n) is 5.46. The highest BCUT2D eigenvalue weighted by molar-refractivity contribution is 5.60. The Hall–Kier alpha value is -2.94. The van der Waals surface area contributed by atoms with Gasteiger partial charge in [0, 0.05) is 19.3 Å². The zero-order valence-corrected chi connectivity index (χ0v) is 15.2. The fraction of sp³-hybridized carbons (Fsp3) is 0.412. The van der Waals surface area contributed by atoms with Gasteiger partial charge >= 0.3 is 5.69 Å². The van der Waals surface area contributed by atoms with E-state index in [1.165, 1.54) is 6.20 Å². The summed E-state index contributed by atoms with van der Waals surface area (Å²) in [5, 5.41) is 16.6. The smallest absolute Gasteiger partial charge is 0.329 e. The van der Waals surface area contributed by atoms with Crippen LogP contribution in [-0.4, -0.2) is 53.1 Å². The van der Waals surface area contributed by atoms with Gasteiger partial charge in [0.2, 0.25) is 11.8 Å². The molecule has 0 saturated heterocycles. The van der Waals surface area contributed by atoms with Crippen LogP contribution in [0.2, 0.25) is 0 Å². The standard InChI is InChI=1S/C17H24N6O3/c1-4-22(5-2)10-11-26-14-8-6-13(7-9-14)20-17-19-12-15(23(24)25)16(18-3)21-17/h6-9,12H,4-5,10-11H2,1-3H3,(H2,18,19,20,21). The second kappa shape index (κ2) is 9.52. The lowest BCUT2D eigenvalue weighted by Gasteiger charge is -2.18. The molecule has 0 fully saturated rings. The molecule has 1 heterocycles. The summed E-state index contributed by atoms with van der Waals surface area (Å²) in [5.41, 5.74) is 0.590. The van der Waals surface area contributed by atoms with E-state index >= 15 is 0 Å². The zero-order valence-electron chi connectivity index (χ0n) is 15.2. The quantitative estimate of drug-likeness (QED) is 0.492. The summed E-state index contributed by atoms with van der Waals surface area (Å²) in [6, 6.07) is 7.40. The largest absolute Gasteiger partial charge is 0.492 e. The zero-order chi connectivity index (χ0) is 18.9. The van der Waals surface area contributed by atoms with Crippen molar-refractivity contribution in [3.63, 3.8) is 0 Å². The van der Waals surface area contributed by atoms with Crippen LogP contribution in [0.1, 0.15) is 13.8 Å². The Labute approximate surface area is 152 Å². The summed E-state index contributed by atoms with van der Waals surface area (Å²) in [6.45, 7) is 7.79. The Bertz CT molecular complexity index is 719. The second-order valence-corrected chi connectivity index (χ2v) is 5.46. The normalized spacial score (nSPS) is 10.6. The minimum Gasteiger partial charge on any atom is -0.492 e. The summed E-state index contributed by atoms with van der Waals surface area (Å²) in [5.74, 6) is 1.21. The molecule has 0 unspecified atom stereocenters. The lowest BCUT2D eigenvalue weighted by Crippen LogP contribution is -2.27. The molecule has 0 radical (unpaired) electrons. The average Bonchev–Trinajstić information content (AvgIpc) is 2.66. The molecule has 26 heavy (non-hydrogen) atoms. The highest BCUT2D eigenvalue weighted by atomic mass is 16.6. The molecule has 0 atom stereocenters. The first-order valence-electron chi connectivity index (χ1n) is 8.48. The van der Waals surface area contributed by atoms with Crippen LogP contribution >= 0.6 is 0 Å². The fourth-order valence-electron chi connectivity index (χ4n) is 2.35. The molecule has 2 aromatic rings. The van der Waals surface area contributed by atoms with Crippen molar-refractivity contribution in [3.05, 3.63) is 40.6 Å². The first kappa shape index (κ1) is 19.4. The van der Waals surface area contributed by atoms with Gasteiger partial charge in [-0.3, -0.25) is 10.1 Å². The molecule has 0 spiro atoms. The maximum absolute atomic E-state index is 10.9. The number of likely N-dealkylation sites (N-methyl/N-ethyl adjacent to an activating group) is 1. The van der Waals surface area contributed by atoms with Gasteiger partial charge in [-0.25, -0.2) is 4.98 Å². The average molecular weight is 360 g/mol. The van der Waals surface area contributed by atoms with Crippen LogP contribution in [-0.2, 0) is 0 Å². The van der Waals surface area contributed by atoms with Crippen LogP contribution in [0.3, 0.4) is 0 Å². The van der Waals surface area contributed by atoms with Crippen LogP contribution in [0.5, 0.6) is 5.75 Å². The monoisotopic (exact) mass is 360 g/mol. The molecule has 1 aromatic carbocycles. The third-order valence-corrected chi connectivity index (χ3v) is 3.88. The minimum atomic E-state index is -0.528. The molecule has 0 amide bonds. The van der Waals surface area contributed by atoms with Crippen molar-refractivity contribution in [1.82, 2.24) is 14.9 Å². The third-order valence-electron chi connectivity index (χ3n) is 3.88. The summed E-state index contributed by atoms with van der Waals surface area (Å²) in [6.07, 6.45) is 1.17. The molecule has 0 bridgehead atoms. The van der Waals surface area contributed by atoms with Gasteiger partial charge in [-0.15, -0.1) is 0 Å². The van der Waals surface area contributed by atoms with Gasteiger partial charge in [-0.2, -0.15) is 4.98 Å². The molecule has 9 heteroatoms. The van der Waals surface area contributed by atoms with Crippen molar-refractivity contribution < 1.29 is 9.66 Å². The van der Waals surface area contributed by atoms with Crippen molar-refractivity contribution >= 4 is 23.1 Å². The highest BCUT2D eigenvalue weighted by Gasteiger charge is 2.15. The number of nitrogens with zero attached hydrogens (tertiary/aromatic N) is 4. The van der Waals surface area contributed by atoms with Gasteiger partial charge in [-0.05, 0) is 37.4 Å². The molecule has 9 nitrogen and oxygen atoms in total. The summed E-state index contributed by atoms with van der Waals surface area (Å²) < 4.78 is 5.74. The molecule has 0 aliphatic rings. The van der Waals surface area contributed by atoms with E-state index in [-0.39, 0.29) is 17.5 Å². The molecular formula is C17H24N6O3. The number of anilines is 3. The van der Waals surface area contributed by atoms with Crippen LogP contribution in [0.15, 0.2) is 30.5 Å². The number of ether oxygens (including phenoxy) is 1. The van der Waals surface area contributed by atoms with Crippen molar-refractivity contribution in [2.45, 2.75) is 13.8 Å². The number of nitrogens with one attached hydrogen (secondary N) is 2. The Balaban J connectivity index is 1.95. The van der Waals surface area contributed by atoms with E-state index in [1.807, 2.05) is 24.3 Å². The van der Waals surface area contributed by atoms with Gasteiger partial charge in [-0.1, -0.05) is 13.8 Å². The molecule has 0 aliphatic carbocycles. The first-order valence-corrected chi connectivity index (χ1v) is 8.48. The predicted molar refractivity (Wildman–Crippen MR) is 101 cm³/mol. The minimum absolute atomic E-state index is 0.156. The van der Waals surface area contributed by atoms with Gasteiger partial charge in [0.1, 0.15) is 18.6 Å². The summed E-state index contributed by atoms with van der Waals surface area (Å²) in [7, 11) is 1.57. The van der Waals surface area contributed by atoms with Crippen LogP contribution in [0.25, 0.3) is 0 Å². The Morgan fingerprint density at radius 1 is 1.23 bits per heavy atom. The van der Waals surface area contributed by atoms with E-state index in [4.69, 9.17) is 4.74 Å². The SMILES string of the molecule is CCN(CC)CCOc1ccc(Nc2ncc([N+](=O)[O-])c(NC)n2)cc1. The van der Waals surface area contributed by atoms with Gasteiger partial charge < -0.3 is 20.3 Å².